The predicted molar refractivity (Wildman–Crippen MR) is 146 cm³/mol. The van der Waals surface area contributed by atoms with E-state index in [4.69, 9.17) is 25.2 Å². The number of esters is 1. The summed E-state index contributed by atoms with van der Waals surface area (Å²) in [6, 6.07) is 23.7. The molecule has 0 aliphatic heterocycles. The number of nitrogens with zero attached hydrogens (tertiary/aromatic N) is 1. The number of nitrogens with two attached hydrogens (primary N) is 1. The number of carboxylic acids is 1. The first-order valence-electron chi connectivity index (χ1n) is 12.3. The van der Waals surface area contributed by atoms with E-state index in [1.54, 1.807) is 69.3 Å². The highest BCUT2D eigenvalue weighted by Gasteiger charge is 2.37. The number of amides is 1. The van der Waals surface area contributed by atoms with E-state index in [-0.39, 0.29) is 12.1 Å². The van der Waals surface area contributed by atoms with Gasteiger partial charge in [-0.05, 0) is 49.6 Å². The van der Waals surface area contributed by atoms with Gasteiger partial charge in [-0.15, -0.1) is 0 Å². The summed E-state index contributed by atoms with van der Waals surface area (Å²) in [7, 11) is 0. The molecule has 1 atom stereocenters. The van der Waals surface area contributed by atoms with Crippen molar-refractivity contribution in [1.29, 1.82) is 0 Å². The van der Waals surface area contributed by atoms with Crippen LogP contribution in [0.25, 0.3) is 0 Å². The van der Waals surface area contributed by atoms with Crippen molar-refractivity contribution in [2.45, 2.75) is 45.0 Å². The molecule has 0 aliphatic carbocycles. The van der Waals surface area contributed by atoms with Gasteiger partial charge >= 0.3 is 18.0 Å². The molecular weight excluding hydrogens is 516 g/mol. The lowest BCUT2D eigenvalue weighted by Crippen LogP contribution is -2.41. The first-order chi connectivity index (χ1) is 19.0. The van der Waals surface area contributed by atoms with Gasteiger partial charge < -0.3 is 19.3 Å². The molecule has 0 aromatic heterocycles. The lowest BCUT2D eigenvalue weighted by atomic mass is 10.0. The van der Waals surface area contributed by atoms with E-state index in [0.717, 1.165) is 0 Å². The first-order valence-corrected chi connectivity index (χ1v) is 12.3. The van der Waals surface area contributed by atoms with E-state index in [2.05, 4.69) is 0 Å². The summed E-state index contributed by atoms with van der Waals surface area (Å²) in [5, 5.41) is 9.53. The number of hydrogen-bond acceptors (Lipinski definition) is 8. The Bertz CT molecular complexity index is 1320. The minimum atomic E-state index is -1.78. The highest BCUT2D eigenvalue weighted by atomic mass is 16.6. The third-order valence-corrected chi connectivity index (χ3v) is 5.40. The minimum absolute atomic E-state index is 0.144. The number of carbonyl (C=O) groups excluding carboxylic acids is 3. The number of ether oxygens (including phenoxy) is 3. The second kappa shape index (κ2) is 13.3. The molecule has 10 heteroatoms. The van der Waals surface area contributed by atoms with Crippen molar-refractivity contribution < 1.29 is 38.5 Å². The number of rotatable bonds is 10. The molecule has 0 saturated carbocycles. The van der Waals surface area contributed by atoms with Gasteiger partial charge in [0.2, 0.25) is 11.9 Å². The number of carbonyl (C=O) groups is 3. The molecule has 0 radical (unpaired) electrons. The fourth-order valence-corrected chi connectivity index (χ4v) is 3.65. The van der Waals surface area contributed by atoms with Crippen molar-refractivity contribution in [3.05, 3.63) is 107 Å². The van der Waals surface area contributed by atoms with E-state index in [1.807, 2.05) is 12.1 Å². The van der Waals surface area contributed by atoms with Crippen LogP contribution >= 0.6 is 0 Å². The summed E-state index contributed by atoms with van der Waals surface area (Å²) in [5.74, 6) is 4.62. The number of benzene rings is 3. The van der Waals surface area contributed by atoms with Crippen LogP contribution in [0, 0.1) is 0 Å². The number of aliphatic carboxylic acids is 1. The second-order valence-electron chi connectivity index (χ2n) is 9.69. The molecule has 0 fully saturated rings. The quantitative estimate of drug-likeness (QED) is 0.0946. The molecule has 0 aliphatic rings. The van der Waals surface area contributed by atoms with Gasteiger partial charge in [-0.25, -0.2) is 25.2 Å². The monoisotopic (exact) mass is 546 g/mol. The van der Waals surface area contributed by atoms with E-state index in [0.29, 0.717) is 21.7 Å². The molecule has 1 amide bonds. The largest absolute Gasteiger partial charge is 0.481 e. The van der Waals surface area contributed by atoms with Crippen molar-refractivity contribution in [3.63, 3.8) is 0 Å². The van der Waals surface area contributed by atoms with E-state index >= 15 is 0 Å². The molecule has 3 aromatic carbocycles. The summed E-state index contributed by atoms with van der Waals surface area (Å²) in [4.78, 5) is 49.1. The fourth-order valence-electron chi connectivity index (χ4n) is 3.65. The Balaban J connectivity index is 1.91. The van der Waals surface area contributed by atoms with Gasteiger partial charge in [0, 0.05) is 0 Å². The van der Waals surface area contributed by atoms with Gasteiger partial charge in [-0.3, -0.25) is 4.79 Å². The molecule has 0 bridgehead atoms. The molecule has 0 spiro atoms. The Kier molecular flexibility index (Phi) is 9.94. The highest BCUT2D eigenvalue weighted by molar-refractivity contribution is 5.89. The van der Waals surface area contributed by atoms with Gasteiger partial charge in [0.05, 0.1) is 12.1 Å². The van der Waals surface area contributed by atoms with Crippen molar-refractivity contribution in [2.24, 2.45) is 5.84 Å². The molecular formula is C30H30N2O8. The summed E-state index contributed by atoms with van der Waals surface area (Å²) < 4.78 is 16.9. The van der Waals surface area contributed by atoms with E-state index in [1.165, 1.54) is 30.2 Å². The Morgan fingerprint density at radius 3 is 1.88 bits per heavy atom. The van der Waals surface area contributed by atoms with Gasteiger partial charge in [-0.1, -0.05) is 72.8 Å². The maximum Gasteiger partial charge on any atom is 0.434 e. The predicted octanol–water partition coefficient (Wildman–Crippen LogP) is 4.36. The van der Waals surface area contributed by atoms with E-state index in [9.17, 15) is 19.2 Å². The summed E-state index contributed by atoms with van der Waals surface area (Å²) >= 11 is 0. The maximum absolute atomic E-state index is 13.3. The van der Waals surface area contributed by atoms with Crippen molar-refractivity contribution in [2.75, 3.05) is 5.01 Å². The smallest absolute Gasteiger partial charge is 0.434 e. The average Bonchev–Trinajstić information content (AvgIpc) is 2.92. The Morgan fingerprint density at radius 1 is 0.900 bits per heavy atom. The molecule has 3 aromatic rings. The van der Waals surface area contributed by atoms with Crippen LogP contribution in [0.3, 0.4) is 0 Å². The molecule has 3 rings (SSSR count). The molecule has 0 saturated heterocycles. The molecule has 0 heterocycles. The molecule has 40 heavy (non-hydrogen) atoms. The van der Waals surface area contributed by atoms with Crippen LogP contribution in [-0.2, 0) is 35.0 Å². The highest BCUT2D eigenvalue weighted by Crippen LogP contribution is 2.30. The molecule has 208 valence electrons. The maximum atomic E-state index is 13.3. The van der Waals surface area contributed by atoms with Crippen LogP contribution < -0.4 is 10.9 Å². The summed E-state index contributed by atoms with van der Waals surface area (Å²) in [6.07, 6.45) is -4.06. The Hall–Kier alpha value is -4.76. The summed E-state index contributed by atoms with van der Waals surface area (Å²) in [5.41, 5.74) is 1.01. The second-order valence-corrected chi connectivity index (χ2v) is 9.69. The van der Waals surface area contributed by atoms with Gasteiger partial charge in [0.15, 0.2) is 5.94 Å². The number of hydrogen-bond donors (Lipinski definition) is 2. The fraction of sp³-hybridized carbons (Fsp3) is 0.233. The Morgan fingerprint density at radius 2 is 1.43 bits per heavy atom. The first kappa shape index (κ1) is 29.8. The third-order valence-electron chi connectivity index (χ3n) is 5.40. The molecule has 3 N–H and O–H groups in total. The zero-order chi connectivity index (χ0) is 29.3. The molecule has 10 nitrogen and oxygen atoms in total. The van der Waals surface area contributed by atoms with Gasteiger partial charge in [0.25, 0.3) is 0 Å². The zero-order valence-corrected chi connectivity index (χ0v) is 22.3. The van der Waals surface area contributed by atoms with Gasteiger partial charge in [0.1, 0.15) is 11.7 Å². The van der Waals surface area contributed by atoms with Crippen LogP contribution in [0.2, 0.25) is 0 Å². The van der Waals surface area contributed by atoms with Crippen LogP contribution in [0.4, 0.5) is 10.5 Å². The van der Waals surface area contributed by atoms with Gasteiger partial charge in [-0.2, -0.15) is 0 Å². The zero-order valence-electron chi connectivity index (χ0n) is 22.3. The molecule has 0 unspecified atom stereocenters. The van der Waals surface area contributed by atoms with Crippen molar-refractivity contribution in [1.82, 2.24) is 0 Å². The lowest BCUT2D eigenvalue weighted by Gasteiger charge is -2.28. The number of carboxylic acid groups (broad SMARTS) is 1. The standard InChI is InChI=1S/C30H30N2O8/c1-30(2,3)40-28(36)27(39-26(21-10-6-4-7-11-21)22-12-8-5-9-13-22)24(19-33)38-29(37)32(31)23-16-14-20(15-17-23)18-25(34)35/h4-17,26-27H,18,31H2,1-3H3,(H,34,35)/t27-/m1/s1. The Labute approximate surface area is 231 Å². The average molecular weight is 547 g/mol. The van der Waals surface area contributed by atoms with Crippen molar-refractivity contribution in [3.8, 4) is 0 Å². The van der Waals surface area contributed by atoms with Crippen LogP contribution in [0.5, 0.6) is 0 Å². The third kappa shape index (κ3) is 8.37. The topological polar surface area (TPSA) is 145 Å². The van der Waals surface area contributed by atoms with Crippen molar-refractivity contribution >= 4 is 29.7 Å². The lowest BCUT2D eigenvalue weighted by molar-refractivity contribution is -0.170. The van der Waals surface area contributed by atoms with Crippen LogP contribution in [0.15, 0.2) is 90.7 Å². The summed E-state index contributed by atoms with van der Waals surface area (Å²) in [6.45, 7) is 4.92. The van der Waals surface area contributed by atoms with Crippen LogP contribution in [-0.4, -0.2) is 40.8 Å². The number of anilines is 1. The number of hydrazine groups is 1. The van der Waals surface area contributed by atoms with Crippen LogP contribution in [0.1, 0.15) is 43.6 Å². The van der Waals surface area contributed by atoms with E-state index < -0.39 is 41.6 Å². The SMILES string of the molecule is CC(C)(C)OC(=O)[C@H](OC(c1ccccc1)c1ccccc1)C(=C=O)OC(=O)N(N)c1ccc(CC(=O)O)cc1. The minimum Gasteiger partial charge on any atom is -0.481 e. The normalized spacial score (nSPS) is 11.7.